The van der Waals surface area contributed by atoms with Gasteiger partial charge in [-0.2, -0.15) is 0 Å². The van der Waals surface area contributed by atoms with E-state index in [4.69, 9.17) is 28.4 Å². The van der Waals surface area contributed by atoms with Gasteiger partial charge in [0.15, 0.2) is 0 Å². The Balaban J connectivity index is 1.48. The molecule has 0 amide bonds. The van der Waals surface area contributed by atoms with Crippen LogP contribution in [0.3, 0.4) is 0 Å². The van der Waals surface area contributed by atoms with E-state index in [1.807, 2.05) is 20.8 Å². The number of aliphatic hydroxyl groups is 1. The number of aliphatic hydroxyl groups excluding tert-OH is 1. The van der Waals surface area contributed by atoms with Gasteiger partial charge in [0, 0.05) is 24.9 Å². The Morgan fingerprint density at radius 1 is 0.739 bits per heavy atom. The molecule has 3 fully saturated rings. The quantitative estimate of drug-likeness (QED) is 0.116. The molecule has 0 spiro atoms. The molecule has 0 aromatic carbocycles. The number of carboxylic acids is 1. The number of methoxy groups -OCH3 is 1. The van der Waals surface area contributed by atoms with Gasteiger partial charge in [0.1, 0.15) is 12.9 Å². The number of ether oxygens (including phenoxy) is 6. The van der Waals surface area contributed by atoms with Gasteiger partial charge in [0.25, 0.3) is 0 Å². The van der Waals surface area contributed by atoms with E-state index in [0.29, 0.717) is 6.42 Å². The molecule has 0 saturated carbocycles. The largest absolute Gasteiger partial charge is 0.481 e. The highest BCUT2D eigenvalue weighted by atomic mass is 16.7. The van der Waals surface area contributed by atoms with Gasteiger partial charge in [-0.15, -0.1) is 0 Å². The standard InChI is InChI=1S/C36H64O10/c1-9-11-26(42-20-41-8)19-27-13-14-30(43-27)22(4)34(37)23(5)31-16-18-33(45-31)25(7)36(40)46-28(12-10-2)21(3)29-15-17-32(44-29)24(6)35(38)39/h21-34,37H,9-20H2,1-8H3,(H,38,39)/t21-,22+,23+,24-,25+,26-,27-,28-,29-,30+,31-,32+,33+,34-/m0/s1. The zero-order chi connectivity index (χ0) is 34.0. The van der Waals surface area contributed by atoms with Gasteiger partial charge in [0.2, 0.25) is 0 Å². The second-order valence-electron chi connectivity index (χ2n) is 14.4. The topological polar surface area (TPSA) is 130 Å². The summed E-state index contributed by atoms with van der Waals surface area (Å²) in [6, 6.07) is 0. The van der Waals surface area contributed by atoms with Crippen molar-refractivity contribution in [2.45, 2.75) is 174 Å². The van der Waals surface area contributed by atoms with Crippen molar-refractivity contribution in [2.75, 3.05) is 13.9 Å². The number of carbonyl (C=O) groups is 2. The highest BCUT2D eigenvalue weighted by Gasteiger charge is 2.43. The minimum absolute atomic E-state index is 0.0118. The van der Waals surface area contributed by atoms with Crippen molar-refractivity contribution in [2.24, 2.45) is 29.6 Å². The second-order valence-corrected chi connectivity index (χ2v) is 14.4. The van der Waals surface area contributed by atoms with Gasteiger partial charge in [-0.25, -0.2) is 0 Å². The maximum Gasteiger partial charge on any atom is 0.311 e. The molecule has 3 rings (SSSR count). The lowest BCUT2D eigenvalue weighted by molar-refractivity contribution is -0.166. The zero-order valence-electron chi connectivity index (χ0n) is 29.7. The van der Waals surface area contributed by atoms with E-state index in [2.05, 4.69) is 20.8 Å². The van der Waals surface area contributed by atoms with Gasteiger partial charge in [0.05, 0.1) is 60.7 Å². The number of hydrogen-bond donors (Lipinski definition) is 2. The SMILES string of the molecule is CCC[C@@H](C[C@@H]1CC[C@H]([C@@H](C)[C@H](O)[C@H](C)[C@@H]2CC[C@H]([C@@H](C)C(=O)O[C@@H](CCC)[C@H](C)[C@@H]3CC[C@H]([C@H](C)C(=O)O)O3)O2)O1)OCOC. The van der Waals surface area contributed by atoms with Crippen LogP contribution < -0.4 is 0 Å². The zero-order valence-corrected chi connectivity index (χ0v) is 29.7. The molecule has 0 aromatic rings. The Morgan fingerprint density at radius 3 is 1.83 bits per heavy atom. The van der Waals surface area contributed by atoms with Crippen LogP contribution in [0.25, 0.3) is 0 Å². The minimum atomic E-state index is -0.851. The first-order valence-corrected chi connectivity index (χ1v) is 18.1. The number of carbonyl (C=O) groups excluding carboxylic acids is 1. The van der Waals surface area contributed by atoms with E-state index >= 15 is 0 Å². The van der Waals surface area contributed by atoms with Crippen LogP contribution in [-0.4, -0.2) is 91.0 Å². The summed E-state index contributed by atoms with van der Waals surface area (Å²) in [5.74, 6) is -2.29. The first kappa shape index (κ1) is 39.1. The van der Waals surface area contributed by atoms with Gasteiger partial charge >= 0.3 is 11.9 Å². The molecule has 0 unspecified atom stereocenters. The van der Waals surface area contributed by atoms with Crippen LogP contribution in [0.15, 0.2) is 0 Å². The van der Waals surface area contributed by atoms with Crippen molar-refractivity contribution >= 4 is 11.9 Å². The molecule has 268 valence electrons. The van der Waals surface area contributed by atoms with Gasteiger partial charge in [-0.1, -0.05) is 47.5 Å². The fourth-order valence-electron chi connectivity index (χ4n) is 7.67. The third-order valence-electron chi connectivity index (χ3n) is 11.0. The molecule has 3 heterocycles. The molecule has 0 bridgehead atoms. The summed E-state index contributed by atoms with van der Waals surface area (Å²) >= 11 is 0. The van der Waals surface area contributed by atoms with Crippen molar-refractivity contribution in [3.8, 4) is 0 Å². The first-order chi connectivity index (χ1) is 21.9. The predicted octanol–water partition coefficient (Wildman–Crippen LogP) is 6.15. The van der Waals surface area contributed by atoms with E-state index in [-0.39, 0.29) is 79.3 Å². The molecule has 0 aromatic heterocycles. The second kappa shape index (κ2) is 19.0. The summed E-state index contributed by atoms with van der Waals surface area (Å²) in [5.41, 5.74) is 0. The van der Waals surface area contributed by atoms with E-state index in [1.54, 1.807) is 14.0 Å². The van der Waals surface area contributed by atoms with Crippen molar-refractivity contribution in [3.63, 3.8) is 0 Å². The van der Waals surface area contributed by atoms with Crippen LogP contribution >= 0.6 is 0 Å². The highest BCUT2D eigenvalue weighted by molar-refractivity contribution is 5.73. The van der Waals surface area contributed by atoms with Crippen LogP contribution in [-0.2, 0) is 38.0 Å². The summed E-state index contributed by atoms with van der Waals surface area (Å²) in [7, 11) is 1.64. The lowest BCUT2D eigenvalue weighted by Crippen LogP contribution is -2.40. The Hall–Kier alpha value is -1.30. The van der Waals surface area contributed by atoms with Gasteiger partial charge in [-0.05, 0) is 71.6 Å². The average molecular weight is 657 g/mol. The Kier molecular flexibility index (Phi) is 16.2. The van der Waals surface area contributed by atoms with E-state index in [9.17, 15) is 19.8 Å². The summed E-state index contributed by atoms with van der Waals surface area (Å²) in [4.78, 5) is 24.8. The van der Waals surface area contributed by atoms with Crippen LogP contribution in [0, 0.1) is 29.6 Å². The van der Waals surface area contributed by atoms with Crippen LogP contribution in [0.5, 0.6) is 0 Å². The van der Waals surface area contributed by atoms with E-state index in [1.165, 1.54) is 0 Å². The smallest absolute Gasteiger partial charge is 0.311 e. The van der Waals surface area contributed by atoms with E-state index in [0.717, 1.165) is 64.2 Å². The maximum absolute atomic E-state index is 13.4. The van der Waals surface area contributed by atoms with Crippen LogP contribution in [0.2, 0.25) is 0 Å². The monoisotopic (exact) mass is 656 g/mol. The first-order valence-electron chi connectivity index (χ1n) is 18.1. The Morgan fingerprint density at radius 2 is 1.26 bits per heavy atom. The molecule has 14 atom stereocenters. The molecule has 0 aliphatic carbocycles. The third kappa shape index (κ3) is 10.6. The van der Waals surface area contributed by atoms with Gasteiger partial charge in [-0.3, -0.25) is 9.59 Å². The molecule has 2 N–H and O–H groups in total. The molecule has 3 aliphatic rings. The van der Waals surface area contributed by atoms with Gasteiger partial charge < -0.3 is 38.6 Å². The normalized spacial score (nSPS) is 31.9. The summed E-state index contributed by atoms with van der Waals surface area (Å²) in [5, 5.41) is 20.8. The molecule has 10 heteroatoms. The molecule has 3 saturated heterocycles. The maximum atomic E-state index is 13.4. The Bertz CT molecular complexity index is 915. The Labute approximate surface area is 277 Å². The molecule has 0 radical (unpaired) electrons. The van der Waals surface area contributed by atoms with E-state index < -0.39 is 23.9 Å². The summed E-state index contributed by atoms with van der Waals surface area (Å²) < 4.78 is 36.1. The fraction of sp³-hybridized carbons (Fsp3) is 0.944. The number of rotatable bonds is 20. The molecule has 3 aliphatic heterocycles. The third-order valence-corrected chi connectivity index (χ3v) is 11.0. The molecule has 10 nitrogen and oxygen atoms in total. The molecule has 46 heavy (non-hydrogen) atoms. The van der Waals surface area contributed by atoms with Crippen molar-refractivity contribution in [1.82, 2.24) is 0 Å². The number of aliphatic carboxylic acids is 1. The lowest BCUT2D eigenvalue weighted by Gasteiger charge is -2.33. The fourth-order valence-corrected chi connectivity index (χ4v) is 7.67. The number of carboxylic acid groups (broad SMARTS) is 1. The molecular formula is C36H64O10. The number of esters is 1. The molecular weight excluding hydrogens is 592 g/mol. The van der Waals surface area contributed by atoms with Crippen LogP contribution in [0.4, 0.5) is 0 Å². The van der Waals surface area contributed by atoms with Crippen molar-refractivity contribution in [1.29, 1.82) is 0 Å². The average Bonchev–Trinajstić information content (AvgIpc) is 3.83. The summed E-state index contributed by atoms with van der Waals surface area (Å²) in [6.45, 7) is 14.2. The number of hydrogen-bond acceptors (Lipinski definition) is 9. The predicted molar refractivity (Wildman–Crippen MR) is 174 cm³/mol. The minimum Gasteiger partial charge on any atom is -0.481 e. The van der Waals surface area contributed by atoms with Crippen LogP contribution in [0.1, 0.15) is 119 Å². The highest BCUT2D eigenvalue weighted by Crippen LogP contribution is 2.38. The lowest BCUT2D eigenvalue weighted by atomic mass is 9.84. The van der Waals surface area contributed by atoms with Crippen molar-refractivity contribution < 1.29 is 48.2 Å². The van der Waals surface area contributed by atoms with Crippen molar-refractivity contribution in [3.05, 3.63) is 0 Å². The summed E-state index contributed by atoms with van der Waals surface area (Å²) in [6.07, 6.45) is 7.76.